The van der Waals surface area contributed by atoms with Crippen molar-refractivity contribution in [2.45, 2.75) is 51.7 Å². The molecule has 3 aromatic rings. The normalized spacial score (nSPS) is 21.7. The van der Waals surface area contributed by atoms with E-state index in [1.165, 1.54) is 11.3 Å². The van der Waals surface area contributed by atoms with Gasteiger partial charge in [0.05, 0.1) is 12.6 Å². The Kier molecular flexibility index (Phi) is 7.37. The molecule has 2 fully saturated rings. The number of piperidine rings is 1. The van der Waals surface area contributed by atoms with Gasteiger partial charge < -0.3 is 26.0 Å². The van der Waals surface area contributed by atoms with E-state index in [0.717, 1.165) is 16.9 Å². The summed E-state index contributed by atoms with van der Waals surface area (Å²) in [5, 5.41) is 15.1. The lowest BCUT2D eigenvalue weighted by atomic mass is 10.0. The minimum atomic E-state index is -0.596. The third kappa shape index (κ3) is 5.72. The highest BCUT2D eigenvalue weighted by molar-refractivity contribution is 7.10. The zero-order chi connectivity index (χ0) is 28.6. The molecule has 2 heterocycles. The number of hydrogen-bond donors (Lipinski definition) is 4. The second-order valence-corrected chi connectivity index (χ2v) is 11.8. The van der Waals surface area contributed by atoms with Gasteiger partial charge in [-0.05, 0) is 74.6 Å². The smallest absolute Gasteiger partial charge is 0.251 e. The minimum Gasteiger partial charge on any atom is -0.457 e. The molecule has 2 aromatic carbocycles. The number of amidine groups is 1. The number of aryl methyl sites for hydroxylation is 1. The fourth-order valence-electron chi connectivity index (χ4n) is 5.23. The van der Waals surface area contributed by atoms with Gasteiger partial charge in [0.15, 0.2) is 0 Å². The molecule has 0 bridgehead atoms. The number of nitrogens with zero attached hydrogens (tertiary/aromatic N) is 1. The molecule has 10 heteroatoms. The van der Waals surface area contributed by atoms with Crippen LogP contribution in [0.4, 0.5) is 0 Å². The van der Waals surface area contributed by atoms with E-state index in [2.05, 4.69) is 17.6 Å². The average Bonchev–Trinajstić information content (AvgIpc) is 3.26. The Balaban J connectivity index is 1.17. The van der Waals surface area contributed by atoms with Crippen molar-refractivity contribution in [3.63, 3.8) is 0 Å². The Morgan fingerprint density at radius 1 is 1.10 bits per heavy atom. The number of nitrogens with two attached hydrogens (primary N) is 1. The van der Waals surface area contributed by atoms with Gasteiger partial charge in [0, 0.05) is 27.4 Å². The fourth-order valence-corrected chi connectivity index (χ4v) is 6.14. The number of likely N-dealkylation sites (tertiary alicyclic amines) is 1. The predicted molar refractivity (Wildman–Crippen MR) is 154 cm³/mol. The maximum Gasteiger partial charge on any atom is 0.251 e. The first-order chi connectivity index (χ1) is 19.0. The highest BCUT2D eigenvalue weighted by Crippen LogP contribution is 2.59. The summed E-state index contributed by atoms with van der Waals surface area (Å²) in [7, 11) is 0. The molecule has 0 spiro atoms. The highest BCUT2D eigenvalue weighted by Gasteiger charge is 2.64. The summed E-state index contributed by atoms with van der Waals surface area (Å²) in [6, 6.07) is 15.3. The lowest BCUT2D eigenvalue weighted by Gasteiger charge is -2.28. The van der Waals surface area contributed by atoms with E-state index in [1.54, 1.807) is 40.6 Å². The van der Waals surface area contributed by atoms with Crippen molar-refractivity contribution < 1.29 is 19.1 Å². The van der Waals surface area contributed by atoms with E-state index in [0.29, 0.717) is 29.0 Å². The van der Waals surface area contributed by atoms with Gasteiger partial charge in [-0.25, -0.2) is 0 Å². The first-order valence-electron chi connectivity index (χ1n) is 13.2. The third-order valence-electron chi connectivity index (χ3n) is 7.72. The van der Waals surface area contributed by atoms with Crippen molar-refractivity contribution in [2.75, 3.05) is 6.54 Å². The van der Waals surface area contributed by atoms with E-state index in [-0.39, 0.29) is 47.6 Å². The maximum absolute atomic E-state index is 13.3. The lowest BCUT2D eigenvalue weighted by molar-refractivity contribution is -0.139. The Labute approximate surface area is 237 Å². The molecule has 1 saturated carbocycles. The van der Waals surface area contributed by atoms with E-state index in [4.69, 9.17) is 15.9 Å². The van der Waals surface area contributed by atoms with Gasteiger partial charge in [-0.3, -0.25) is 19.8 Å². The Morgan fingerprint density at radius 2 is 1.75 bits per heavy atom. The molecule has 1 aliphatic carbocycles. The summed E-state index contributed by atoms with van der Waals surface area (Å²) in [5.74, 6) is 0.418. The average molecular weight is 560 g/mol. The van der Waals surface area contributed by atoms with Crippen LogP contribution in [0.1, 0.15) is 59.1 Å². The number of carbonyl (C=O) groups excluding carboxylic acids is 3. The number of benzene rings is 2. The van der Waals surface area contributed by atoms with Gasteiger partial charge in [0.2, 0.25) is 11.8 Å². The second-order valence-electron chi connectivity index (χ2n) is 10.9. The molecule has 1 saturated heterocycles. The zero-order valence-electron chi connectivity index (χ0n) is 22.7. The molecule has 3 amide bonds. The summed E-state index contributed by atoms with van der Waals surface area (Å²) in [6.45, 7) is 5.77. The van der Waals surface area contributed by atoms with Gasteiger partial charge in [-0.1, -0.05) is 24.6 Å². The maximum atomic E-state index is 13.3. The number of carbonyl (C=O) groups is 3. The summed E-state index contributed by atoms with van der Waals surface area (Å²) < 4.78 is 5.82. The second kappa shape index (κ2) is 10.8. The molecule has 1 aliphatic heterocycles. The number of rotatable bonds is 9. The summed E-state index contributed by atoms with van der Waals surface area (Å²) in [4.78, 5) is 41.8. The number of thiophene rings is 1. The first-order valence-corrected chi connectivity index (χ1v) is 14.1. The number of ether oxygens (including phenoxy) is 1. The SMILES string of the molecule is Cc1ccc(Oc2ccc(C(=O)NCC(=O)N3[C@H]4C[C@@]4(C)C[C@H]3C(=O)N[C@H](C)c3cc(C(=N)N)cs3)cc2)cc1. The van der Waals surface area contributed by atoms with Crippen LogP contribution in [0, 0.1) is 17.7 Å². The van der Waals surface area contributed by atoms with Crippen molar-refractivity contribution in [1.29, 1.82) is 5.41 Å². The molecule has 9 nitrogen and oxygen atoms in total. The highest BCUT2D eigenvalue weighted by atomic mass is 32.1. The molecule has 2 aliphatic rings. The molecule has 208 valence electrons. The topological polar surface area (TPSA) is 138 Å². The molecule has 4 atom stereocenters. The molecule has 1 aromatic heterocycles. The molecule has 0 unspecified atom stereocenters. The Bertz CT molecular complexity index is 1450. The number of fused-ring (bicyclic) bond motifs is 1. The zero-order valence-corrected chi connectivity index (χ0v) is 23.5. The molecule has 5 N–H and O–H groups in total. The number of nitrogens with one attached hydrogen (secondary N) is 3. The molecule has 40 heavy (non-hydrogen) atoms. The van der Waals surface area contributed by atoms with Crippen LogP contribution < -0.4 is 21.1 Å². The van der Waals surface area contributed by atoms with Crippen molar-refractivity contribution >= 4 is 34.9 Å². The van der Waals surface area contributed by atoms with E-state index < -0.39 is 6.04 Å². The first kappa shape index (κ1) is 27.4. The van der Waals surface area contributed by atoms with Crippen LogP contribution in [0.15, 0.2) is 60.0 Å². The lowest BCUT2D eigenvalue weighted by Crippen LogP contribution is -2.51. The van der Waals surface area contributed by atoms with Crippen molar-refractivity contribution in [3.05, 3.63) is 81.5 Å². The van der Waals surface area contributed by atoms with Crippen molar-refractivity contribution in [1.82, 2.24) is 15.5 Å². The minimum absolute atomic E-state index is 0.00721. The number of nitrogen functional groups attached to an aromatic ring is 1. The largest absolute Gasteiger partial charge is 0.457 e. The van der Waals surface area contributed by atoms with Gasteiger partial charge >= 0.3 is 0 Å². The van der Waals surface area contributed by atoms with Crippen molar-refractivity contribution in [3.8, 4) is 11.5 Å². The third-order valence-corrected chi connectivity index (χ3v) is 8.83. The number of amides is 3. The number of hydrogen-bond acceptors (Lipinski definition) is 6. The van der Waals surface area contributed by atoms with E-state index in [1.807, 2.05) is 38.1 Å². The molecular formula is C30H33N5O4S. The van der Waals surface area contributed by atoms with E-state index >= 15 is 0 Å². The summed E-state index contributed by atoms with van der Waals surface area (Å²) >= 11 is 1.43. The molecule has 5 rings (SSSR count). The fraction of sp³-hybridized carbons (Fsp3) is 0.333. The standard InChI is InChI=1S/C30H33N5O4S/c1-17-4-8-21(9-5-17)39-22-10-6-19(7-11-22)28(37)33-15-26(36)35-23(13-30(3)14-25(30)35)29(38)34-18(2)24-12-20(16-40-24)27(31)32/h4-12,16,18,23,25H,13-15H2,1-3H3,(H3,31,32)(H,33,37)(H,34,38)/t18-,23+,25+,30-/m1/s1. The van der Waals surface area contributed by atoms with Crippen LogP contribution in [0.3, 0.4) is 0 Å². The molecule has 0 radical (unpaired) electrons. The van der Waals surface area contributed by atoms with Crippen LogP contribution in [0.2, 0.25) is 0 Å². The van der Waals surface area contributed by atoms with E-state index in [9.17, 15) is 14.4 Å². The summed E-state index contributed by atoms with van der Waals surface area (Å²) in [6.07, 6.45) is 1.43. The monoisotopic (exact) mass is 559 g/mol. The Morgan fingerprint density at radius 3 is 2.38 bits per heavy atom. The Hall–Kier alpha value is -4.18. The van der Waals surface area contributed by atoms with Crippen molar-refractivity contribution in [2.24, 2.45) is 11.1 Å². The molecular weight excluding hydrogens is 526 g/mol. The van der Waals surface area contributed by atoms with Crippen LogP contribution in [-0.2, 0) is 9.59 Å². The summed E-state index contributed by atoms with van der Waals surface area (Å²) in [5.41, 5.74) is 7.65. The van der Waals surface area contributed by atoms with Crippen LogP contribution >= 0.6 is 11.3 Å². The van der Waals surface area contributed by atoms with Crippen LogP contribution in [-0.4, -0.2) is 47.1 Å². The quantitative estimate of drug-likeness (QED) is 0.231. The predicted octanol–water partition coefficient (Wildman–Crippen LogP) is 4.12. The van der Waals surface area contributed by atoms with Gasteiger partial charge in [0.1, 0.15) is 23.4 Å². The van der Waals surface area contributed by atoms with Crippen LogP contribution in [0.25, 0.3) is 0 Å². The van der Waals surface area contributed by atoms with Gasteiger partial charge in [-0.15, -0.1) is 11.3 Å². The van der Waals surface area contributed by atoms with Gasteiger partial charge in [0.25, 0.3) is 5.91 Å². The van der Waals surface area contributed by atoms with Gasteiger partial charge in [-0.2, -0.15) is 0 Å². The van der Waals surface area contributed by atoms with Crippen LogP contribution in [0.5, 0.6) is 11.5 Å².